The minimum Gasteiger partial charge on any atom is -0.333 e. The number of hydrogen-bond donors (Lipinski definition) is 1. The molecule has 0 aliphatic rings. The van der Waals surface area contributed by atoms with Gasteiger partial charge in [-0.3, -0.25) is 9.36 Å². The summed E-state index contributed by atoms with van der Waals surface area (Å²) in [4.78, 5) is 29.0. The zero-order valence-corrected chi connectivity index (χ0v) is 14.6. The number of carbonyl (C=O) groups excluding carboxylic acids is 1. The molecule has 0 fully saturated rings. The minimum atomic E-state index is -0.226. The van der Waals surface area contributed by atoms with Crippen LogP contribution in [0.4, 0.5) is 5.82 Å². The highest BCUT2D eigenvalue weighted by atomic mass is 16.1. The van der Waals surface area contributed by atoms with Gasteiger partial charge in [-0.05, 0) is 24.6 Å². The highest BCUT2D eigenvalue weighted by Crippen LogP contribution is 2.13. The molecule has 0 unspecified atom stereocenters. The molecule has 0 aliphatic heterocycles. The average molecular weight is 359 g/mol. The summed E-state index contributed by atoms with van der Waals surface area (Å²) in [5, 5.41) is 2.81. The van der Waals surface area contributed by atoms with Gasteiger partial charge in [0.25, 0.3) is 5.91 Å². The predicted octanol–water partition coefficient (Wildman–Crippen LogP) is 2.47. The molecule has 3 aromatic heterocycles. The summed E-state index contributed by atoms with van der Waals surface area (Å²) >= 11 is 0. The topological polar surface area (TPSA) is 90.5 Å². The lowest BCUT2D eigenvalue weighted by Crippen LogP contribution is -2.14. The van der Waals surface area contributed by atoms with Crippen LogP contribution in [0.2, 0.25) is 0 Å². The van der Waals surface area contributed by atoms with Gasteiger partial charge >= 0.3 is 0 Å². The highest BCUT2D eigenvalue weighted by Gasteiger charge is 2.09. The SMILES string of the molecule is Cc1nccn1-c1cc(NC(=O)c2ccc(Cn3ccnc3)cc2)ncn1. The zero-order valence-electron chi connectivity index (χ0n) is 14.6. The Labute approximate surface area is 155 Å². The lowest BCUT2D eigenvalue weighted by Gasteiger charge is -2.08. The average Bonchev–Trinajstić information content (AvgIpc) is 3.34. The maximum absolute atomic E-state index is 12.5. The van der Waals surface area contributed by atoms with Crippen molar-refractivity contribution in [3.8, 4) is 5.82 Å². The van der Waals surface area contributed by atoms with Gasteiger partial charge in [-0.2, -0.15) is 0 Å². The molecule has 8 heteroatoms. The van der Waals surface area contributed by atoms with E-state index in [1.165, 1.54) is 6.33 Å². The van der Waals surface area contributed by atoms with Crippen LogP contribution in [0.1, 0.15) is 21.7 Å². The van der Waals surface area contributed by atoms with Crippen LogP contribution in [0.3, 0.4) is 0 Å². The van der Waals surface area contributed by atoms with Gasteiger partial charge in [0.2, 0.25) is 0 Å². The lowest BCUT2D eigenvalue weighted by molar-refractivity contribution is 0.102. The number of nitrogens with zero attached hydrogens (tertiary/aromatic N) is 6. The maximum Gasteiger partial charge on any atom is 0.256 e. The van der Waals surface area contributed by atoms with Crippen LogP contribution in [-0.4, -0.2) is 35.0 Å². The molecule has 4 aromatic rings. The van der Waals surface area contributed by atoms with Crippen LogP contribution in [0, 0.1) is 6.92 Å². The Bertz CT molecular complexity index is 1050. The van der Waals surface area contributed by atoms with E-state index in [4.69, 9.17) is 0 Å². The van der Waals surface area contributed by atoms with Gasteiger partial charge < -0.3 is 9.88 Å². The molecule has 1 aromatic carbocycles. The summed E-state index contributed by atoms with van der Waals surface area (Å²) in [6.45, 7) is 2.59. The van der Waals surface area contributed by atoms with E-state index in [1.54, 1.807) is 36.9 Å². The van der Waals surface area contributed by atoms with Crippen molar-refractivity contribution >= 4 is 11.7 Å². The summed E-state index contributed by atoms with van der Waals surface area (Å²) in [5.74, 6) is 1.65. The van der Waals surface area contributed by atoms with E-state index in [0.29, 0.717) is 23.7 Å². The Hall–Kier alpha value is -3.81. The smallest absolute Gasteiger partial charge is 0.256 e. The van der Waals surface area contributed by atoms with E-state index in [2.05, 4.69) is 25.3 Å². The number of aryl methyl sites for hydroxylation is 1. The standard InChI is InChI=1S/C19H17N7O/c1-14-21-7-9-26(14)18-10-17(22-12-23-18)24-19(27)16-4-2-15(3-5-16)11-25-8-6-20-13-25/h2-10,12-13H,11H2,1H3,(H,22,23,24,27). The highest BCUT2D eigenvalue weighted by molar-refractivity contribution is 6.03. The Balaban J connectivity index is 1.47. The second-order valence-corrected chi connectivity index (χ2v) is 5.99. The van der Waals surface area contributed by atoms with Crippen LogP contribution in [-0.2, 0) is 6.54 Å². The Morgan fingerprint density at radius 2 is 1.93 bits per heavy atom. The fourth-order valence-corrected chi connectivity index (χ4v) is 2.71. The van der Waals surface area contributed by atoms with Gasteiger partial charge in [0.05, 0.1) is 6.33 Å². The first-order valence-electron chi connectivity index (χ1n) is 8.37. The summed E-state index contributed by atoms with van der Waals surface area (Å²) < 4.78 is 3.79. The minimum absolute atomic E-state index is 0.226. The molecular weight excluding hydrogens is 342 g/mol. The number of amides is 1. The van der Waals surface area contributed by atoms with Crippen molar-refractivity contribution < 1.29 is 4.79 Å². The zero-order chi connectivity index (χ0) is 18.6. The molecule has 0 saturated carbocycles. The molecule has 0 bridgehead atoms. The molecule has 3 heterocycles. The number of benzene rings is 1. The van der Waals surface area contributed by atoms with Crippen LogP contribution in [0.25, 0.3) is 5.82 Å². The molecule has 1 N–H and O–H groups in total. The van der Waals surface area contributed by atoms with Gasteiger partial charge in [0.1, 0.15) is 23.8 Å². The van der Waals surface area contributed by atoms with E-state index in [9.17, 15) is 4.79 Å². The van der Waals surface area contributed by atoms with Crippen LogP contribution >= 0.6 is 0 Å². The summed E-state index contributed by atoms with van der Waals surface area (Å²) in [6.07, 6.45) is 10.3. The molecule has 27 heavy (non-hydrogen) atoms. The van der Waals surface area contributed by atoms with Gasteiger partial charge in [-0.25, -0.2) is 19.9 Å². The second-order valence-electron chi connectivity index (χ2n) is 5.99. The molecule has 0 saturated heterocycles. The molecule has 0 aliphatic carbocycles. The summed E-state index contributed by atoms with van der Waals surface area (Å²) in [6, 6.07) is 9.15. The van der Waals surface area contributed by atoms with Crippen molar-refractivity contribution in [1.29, 1.82) is 0 Å². The number of aromatic nitrogens is 6. The number of nitrogens with one attached hydrogen (secondary N) is 1. The number of imidazole rings is 2. The van der Waals surface area contributed by atoms with E-state index in [0.717, 1.165) is 11.4 Å². The maximum atomic E-state index is 12.5. The quantitative estimate of drug-likeness (QED) is 0.591. The predicted molar refractivity (Wildman–Crippen MR) is 99.6 cm³/mol. The van der Waals surface area contributed by atoms with Gasteiger partial charge in [0.15, 0.2) is 0 Å². The first-order valence-corrected chi connectivity index (χ1v) is 8.37. The Morgan fingerprint density at radius 3 is 2.63 bits per heavy atom. The molecule has 134 valence electrons. The van der Waals surface area contributed by atoms with Gasteiger partial charge in [-0.1, -0.05) is 12.1 Å². The molecule has 1 amide bonds. The van der Waals surface area contributed by atoms with Crippen LogP contribution in [0.5, 0.6) is 0 Å². The number of rotatable bonds is 5. The third-order valence-corrected chi connectivity index (χ3v) is 4.11. The van der Waals surface area contributed by atoms with Crippen molar-refractivity contribution in [2.24, 2.45) is 0 Å². The Morgan fingerprint density at radius 1 is 1.07 bits per heavy atom. The van der Waals surface area contributed by atoms with E-state index in [-0.39, 0.29) is 5.91 Å². The van der Waals surface area contributed by atoms with Gasteiger partial charge in [0, 0.05) is 43.0 Å². The van der Waals surface area contributed by atoms with E-state index < -0.39 is 0 Å². The number of hydrogen-bond acceptors (Lipinski definition) is 5. The summed E-state index contributed by atoms with van der Waals surface area (Å²) in [7, 11) is 0. The first-order chi connectivity index (χ1) is 13.2. The number of anilines is 1. The largest absolute Gasteiger partial charge is 0.333 e. The van der Waals surface area contributed by atoms with E-state index >= 15 is 0 Å². The molecule has 4 rings (SSSR count). The van der Waals surface area contributed by atoms with Crippen molar-refractivity contribution in [2.45, 2.75) is 13.5 Å². The second kappa shape index (κ2) is 7.20. The molecular formula is C19H17N7O. The third-order valence-electron chi connectivity index (χ3n) is 4.11. The molecule has 0 atom stereocenters. The van der Waals surface area contributed by atoms with Crippen LogP contribution in [0.15, 0.2) is 67.8 Å². The van der Waals surface area contributed by atoms with Crippen molar-refractivity contribution in [2.75, 3.05) is 5.32 Å². The molecule has 8 nitrogen and oxygen atoms in total. The lowest BCUT2D eigenvalue weighted by atomic mass is 10.1. The first kappa shape index (κ1) is 16.6. The third kappa shape index (κ3) is 3.74. The monoisotopic (exact) mass is 359 g/mol. The van der Waals surface area contributed by atoms with Crippen LogP contribution < -0.4 is 5.32 Å². The summed E-state index contributed by atoms with van der Waals surface area (Å²) in [5.41, 5.74) is 1.65. The van der Waals surface area contributed by atoms with Crippen molar-refractivity contribution in [1.82, 2.24) is 29.1 Å². The normalized spacial score (nSPS) is 10.7. The molecule has 0 radical (unpaired) electrons. The molecule has 0 spiro atoms. The number of carbonyl (C=O) groups is 1. The van der Waals surface area contributed by atoms with Crippen molar-refractivity contribution in [3.05, 3.63) is 84.7 Å². The van der Waals surface area contributed by atoms with Crippen molar-refractivity contribution in [3.63, 3.8) is 0 Å². The van der Waals surface area contributed by atoms with E-state index in [1.807, 2.05) is 40.6 Å². The fraction of sp³-hybridized carbons (Fsp3) is 0.105. The fourth-order valence-electron chi connectivity index (χ4n) is 2.71. The Kier molecular flexibility index (Phi) is 4.44. The van der Waals surface area contributed by atoms with Gasteiger partial charge in [-0.15, -0.1) is 0 Å².